The number of benzene rings is 2. The monoisotopic (exact) mass is 407 g/mol. The Labute approximate surface area is 175 Å². The first-order valence-electron chi connectivity index (χ1n) is 10.5. The number of hydrogen-bond donors (Lipinski definition) is 1. The molecule has 6 heteroatoms. The third kappa shape index (κ3) is 4.70. The van der Waals surface area contributed by atoms with Gasteiger partial charge in [0.2, 0.25) is 0 Å². The number of fused-ring (bicyclic) bond motifs is 1. The SMILES string of the molecule is O=C(CC1Oc2ccccc2NC1=O)OCC(=O)c1ccc(C2CCCCC2)cc1. The van der Waals surface area contributed by atoms with Gasteiger partial charge in [0.1, 0.15) is 5.75 Å². The van der Waals surface area contributed by atoms with Crippen LogP contribution in [0.4, 0.5) is 5.69 Å². The van der Waals surface area contributed by atoms with Crippen molar-refractivity contribution in [2.24, 2.45) is 0 Å². The molecule has 1 N–H and O–H groups in total. The summed E-state index contributed by atoms with van der Waals surface area (Å²) in [6.45, 7) is -0.355. The zero-order valence-electron chi connectivity index (χ0n) is 16.8. The molecule has 0 spiro atoms. The zero-order valence-corrected chi connectivity index (χ0v) is 16.8. The van der Waals surface area contributed by atoms with Gasteiger partial charge in [-0.25, -0.2) is 0 Å². The smallest absolute Gasteiger partial charge is 0.310 e. The third-order valence-electron chi connectivity index (χ3n) is 5.73. The molecule has 1 saturated carbocycles. The van der Waals surface area contributed by atoms with Crippen LogP contribution in [0, 0.1) is 0 Å². The summed E-state index contributed by atoms with van der Waals surface area (Å²) in [6.07, 6.45) is 4.99. The van der Waals surface area contributed by atoms with Gasteiger partial charge in [0.15, 0.2) is 18.5 Å². The van der Waals surface area contributed by atoms with E-state index in [1.807, 2.05) is 12.1 Å². The van der Waals surface area contributed by atoms with Gasteiger partial charge >= 0.3 is 5.97 Å². The molecule has 1 unspecified atom stereocenters. The number of carbonyl (C=O) groups is 3. The molecule has 2 aliphatic rings. The van der Waals surface area contributed by atoms with Crippen molar-refractivity contribution < 1.29 is 23.9 Å². The van der Waals surface area contributed by atoms with Crippen molar-refractivity contribution in [1.29, 1.82) is 0 Å². The minimum atomic E-state index is -0.975. The number of ether oxygens (including phenoxy) is 2. The molecule has 1 atom stereocenters. The van der Waals surface area contributed by atoms with Gasteiger partial charge in [-0.1, -0.05) is 55.7 Å². The highest BCUT2D eigenvalue weighted by molar-refractivity contribution is 6.00. The van der Waals surface area contributed by atoms with Gasteiger partial charge in [-0.2, -0.15) is 0 Å². The van der Waals surface area contributed by atoms with Gasteiger partial charge in [-0.15, -0.1) is 0 Å². The second kappa shape index (κ2) is 9.11. The Morgan fingerprint density at radius 1 is 1.00 bits per heavy atom. The molecule has 156 valence electrons. The second-order valence-corrected chi connectivity index (χ2v) is 7.84. The molecule has 1 heterocycles. The maximum absolute atomic E-state index is 12.4. The van der Waals surface area contributed by atoms with Crippen molar-refractivity contribution in [3.05, 3.63) is 59.7 Å². The van der Waals surface area contributed by atoms with Gasteiger partial charge < -0.3 is 14.8 Å². The van der Waals surface area contributed by atoms with Crippen LogP contribution in [0.3, 0.4) is 0 Å². The van der Waals surface area contributed by atoms with Crippen LogP contribution in [0.15, 0.2) is 48.5 Å². The average molecular weight is 407 g/mol. The second-order valence-electron chi connectivity index (χ2n) is 7.84. The molecule has 0 radical (unpaired) electrons. The fourth-order valence-corrected chi connectivity index (χ4v) is 4.04. The standard InChI is InChI=1S/C24H25NO5/c26-20(18-12-10-17(11-13-18)16-6-2-1-3-7-16)15-29-23(27)14-22-24(28)25-19-8-4-5-9-21(19)30-22/h4-5,8-13,16,22H,1-3,6-7,14-15H2,(H,25,28). The van der Waals surface area contributed by atoms with Crippen LogP contribution < -0.4 is 10.1 Å². The first kappa shape index (κ1) is 20.1. The molecule has 30 heavy (non-hydrogen) atoms. The minimum Gasteiger partial charge on any atom is -0.478 e. The predicted molar refractivity (Wildman–Crippen MR) is 112 cm³/mol. The minimum absolute atomic E-state index is 0.256. The molecule has 0 saturated heterocycles. The molecule has 1 fully saturated rings. The molecule has 1 aliphatic carbocycles. The summed E-state index contributed by atoms with van der Waals surface area (Å²) in [5.74, 6) is -0.244. The number of rotatable bonds is 6. The summed E-state index contributed by atoms with van der Waals surface area (Å²) in [7, 11) is 0. The number of esters is 1. The van der Waals surface area contributed by atoms with Gasteiger partial charge in [-0.05, 0) is 36.5 Å². The first-order valence-corrected chi connectivity index (χ1v) is 10.5. The lowest BCUT2D eigenvalue weighted by atomic mass is 9.84. The summed E-state index contributed by atoms with van der Waals surface area (Å²) in [5, 5.41) is 2.70. The maximum Gasteiger partial charge on any atom is 0.310 e. The van der Waals surface area contributed by atoms with Gasteiger partial charge in [-0.3, -0.25) is 14.4 Å². The van der Waals surface area contributed by atoms with Crippen molar-refractivity contribution in [3.63, 3.8) is 0 Å². The lowest BCUT2D eigenvalue weighted by molar-refractivity contribution is -0.146. The summed E-state index contributed by atoms with van der Waals surface area (Å²) in [5.41, 5.74) is 2.35. The first-order chi connectivity index (χ1) is 14.6. The molecule has 0 bridgehead atoms. The molecule has 1 amide bonds. The highest BCUT2D eigenvalue weighted by atomic mass is 16.5. The normalized spacial score (nSPS) is 18.7. The largest absolute Gasteiger partial charge is 0.478 e. The Kier molecular flexibility index (Phi) is 6.12. The number of para-hydroxylation sites is 2. The molecular formula is C24H25NO5. The fourth-order valence-electron chi connectivity index (χ4n) is 4.04. The van der Waals surface area contributed by atoms with E-state index in [0.29, 0.717) is 22.9 Å². The molecule has 6 nitrogen and oxygen atoms in total. The number of amides is 1. The third-order valence-corrected chi connectivity index (χ3v) is 5.73. The summed E-state index contributed by atoms with van der Waals surface area (Å²) in [4.78, 5) is 36.6. The van der Waals surface area contributed by atoms with Crippen LogP contribution in [-0.4, -0.2) is 30.4 Å². The lowest BCUT2D eigenvalue weighted by Gasteiger charge is -2.25. The highest BCUT2D eigenvalue weighted by Crippen LogP contribution is 2.32. The van der Waals surface area contributed by atoms with E-state index in [0.717, 1.165) is 0 Å². The molecular weight excluding hydrogens is 382 g/mol. The Morgan fingerprint density at radius 2 is 1.73 bits per heavy atom. The van der Waals surface area contributed by atoms with Crippen LogP contribution in [0.5, 0.6) is 5.75 Å². The van der Waals surface area contributed by atoms with Gasteiger partial charge in [0.25, 0.3) is 5.91 Å². The van der Waals surface area contributed by atoms with E-state index < -0.39 is 18.0 Å². The van der Waals surface area contributed by atoms with Crippen molar-refractivity contribution >= 4 is 23.3 Å². The van der Waals surface area contributed by atoms with E-state index in [1.54, 1.807) is 36.4 Å². The maximum atomic E-state index is 12.4. The number of ketones is 1. The zero-order chi connectivity index (χ0) is 20.9. The molecule has 4 rings (SSSR count). The quantitative estimate of drug-likeness (QED) is 0.572. The van der Waals surface area contributed by atoms with Crippen LogP contribution in [-0.2, 0) is 14.3 Å². The molecule has 2 aromatic carbocycles. The summed E-state index contributed by atoms with van der Waals surface area (Å²) in [6, 6.07) is 14.6. The van der Waals surface area contributed by atoms with Crippen LogP contribution in [0.25, 0.3) is 0 Å². The topological polar surface area (TPSA) is 81.7 Å². The van der Waals surface area contributed by atoms with Gasteiger partial charge in [0.05, 0.1) is 12.1 Å². The van der Waals surface area contributed by atoms with Gasteiger partial charge in [0, 0.05) is 5.56 Å². The van der Waals surface area contributed by atoms with E-state index in [9.17, 15) is 14.4 Å². The van der Waals surface area contributed by atoms with E-state index in [1.165, 1.54) is 37.7 Å². The predicted octanol–water partition coefficient (Wildman–Crippen LogP) is 4.25. The number of nitrogens with one attached hydrogen (secondary N) is 1. The van der Waals surface area contributed by atoms with Crippen molar-refractivity contribution in [3.8, 4) is 5.75 Å². The van der Waals surface area contributed by atoms with Crippen molar-refractivity contribution in [1.82, 2.24) is 0 Å². The Hall–Kier alpha value is -3.15. The van der Waals surface area contributed by atoms with E-state index in [2.05, 4.69) is 5.32 Å². The Balaban J connectivity index is 1.27. The highest BCUT2D eigenvalue weighted by Gasteiger charge is 2.30. The fraction of sp³-hybridized carbons (Fsp3) is 0.375. The van der Waals surface area contributed by atoms with E-state index in [4.69, 9.17) is 9.47 Å². The van der Waals surface area contributed by atoms with Crippen LogP contribution in [0.1, 0.15) is 60.4 Å². The average Bonchev–Trinajstić information content (AvgIpc) is 2.78. The molecule has 1 aliphatic heterocycles. The summed E-state index contributed by atoms with van der Waals surface area (Å²) < 4.78 is 10.7. The van der Waals surface area contributed by atoms with Crippen LogP contribution in [0.2, 0.25) is 0 Å². The van der Waals surface area contributed by atoms with E-state index >= 15 is 0 Å². The number of hydrogen-bond acceptors (Lipinski definition) is 5. The van der Waals surface area contributed by atoms with E-state index in [-0.39, 0.29) is 18.8 Å². The Morgan fingerprint density at radius 3 is 2.50 bits per heavy atom. The molecule has 0 aromatic heterocycles. The number of Topliss-reactive ketones (excluding diaryl/α,β-unsaturated/α-hetero) is 1. The number of carbonyl (C=O) groups excluding carboxylic acids is 3. The van der Waals surface area contributed by atoms with Crippen LogP contribution >= 0.6 is 0 Å². The summed E-state index contributed by atoms with van der Waals surface area (Å²) >= 11 is 0. The van der Waals surface area contributed by atoms with Crippen molar-refractivity contribution in [2.45, 2.75) is 50.5 Å². The Bertz CT molecular complexity index is 931. The molecule has 2 aromatic rings. The number of anilines is 1. The van der Waals surface area contributed by atoms with Crippen molar-refractivity contribution in [2.75, 3.05) is 11.9 Å². The lowest BCUT2D eigenvalue weighted by Crippen LogP contribution is -2.39.